The van der Waals surface area contributed by atoms with E-state index in [0.717, 1.165) is 17.8 Å². The molecule has 0 radical (unpaired) electrons. The summed E-state index contributed by atoms with van der Waals surface area (Å²) in [6.45, 7) is 11.8. The highest BCUT2D eigenvalue weighted by Crippen LogP contribution is 2.28. The predicted octanol–water partition coefficient (Wildman–Crippen LogP) is 5.67. The maximum Gasteiger partial charge on any atom is -0.0388 e. The topological polar surface area (TPSA) is 0 Å². The first-order valence-electron chi connectivity index (χ1n) is 7.15. The third-order valence-electron chi connectivity index (χ3n) is 4.10. The highest BCUT2D eigenvalue weighted by atomic mass is 14.2. The van der Waals surface area contributed by atoms with E-state index in [4.69, 9.17) is 0 Å². The molecule has 0 aliphatic heterocycles. The highest BCUT2D eigenvalue weighted by molar-refractivity contribution is 4.67. The van der Waals surface area contributed by atoms with Gasteiger partial charge in [-0.15, -0.1) is 0 Å². The molecule has 0 N–H and O–H groups in total. The van der Waals surface area contributed by atoms with Crippen LogP contribution in [0.4, 0.5) is 0 Å². The molecule has 0 heterocycles. The first-order chi connectivity index (χ1) is 7.15. The van der Waals surface area contributed by atoms with Crippen LogP contribution in [0, 0.1) is 17.8 Å². The normalized spacial score (nSPS) is 17.4. The Bertz CT molecular complexity index is 128. The standard InChI is InChI=1S/C15H32/c1-6-9-10-15(14(5)8-3)12-11-13(4)7-2/h13-15H,6-12H2,1-5H3/t13?,14-,15?/m1/s1. The molecule has 15 heavy (non-hydrogen) atoms. The van der Waals surface area contributed by atoms with Gasteiger partial charge in [0.1, 0.15) is 0 Å². The van der Waals surface area contributed by atoms with Gasteiger partial charge < -0.3 is 0 Å². The van der Waals surface area contributed by atoms with Crippen molar-refractivity contribution in [2.75, 3.05) is 0 Å². The molecule has 0 saturated carbocycles. The molecule has 0 saturated heterocycles. The second kappa shape index (κ2) is 9.24. The molecule has 0 spiro atoms. The van der Waals surface area contributed by atoms with Crippen LogP contribution in [0.2, 0.25) is 0 Å². The molecule has 2 unspecified atom stereocenters. The average Bonchev–Trinajstić information content (AvgIpc) is 2.27. The third-order valence-corrected chi connectivity index (χ3v) is 4.10. The molecule has 92 valence electrons. The van der Waals surface area contributed by atoms with E-state index in [9.17, 15) is 0 Å². The maximum absolute atomic E-state index is 2.44. The van der Waals surface area contributed by atoms with Gasteiger partial charge in [-0.3, -0.25) is 0 Å². The summed E-state index contributed by atoms with van der Waals surface area (Å²) >= 11 is 0. The van der Waals surface area contributed by atoms with Gasteiger partial charge in [0, 0.05) is 0 Å². The molecule has 0 rings (SSSR count). The van der Waals surface area contributed by atoms with E-state index in [-0.39, 0.29) is 0 Å². The van der Waals surface area contributed by atoms with E-state index in [1.165, 1.54) is 44.9 Å². The number of rotatable bonds is 9. The number of hydrogen-bond donors (Lipinski definition) is 0. The van der Waals surface area contributed by atoms with Gasteiger partial charge in [-0.05, 0) is 24.2 Å². The fourth-order valence-electron chi connectivity index (χ4n) is 2.22. The Morgan fingerprint density at radius 1 is 0.800 bits per heavy atom. The lowest BCUT2D eigenvalue weighted by Gasteiger charge is -2.24. The zero-order valence-corrected chi connectivity index (χ0v) is 11.7. The van der Waals surface area contributed by atoms with Crippen LogP contribution in [0.25, 0.3) is 0 Å². The Morgan fingerprint density at radius 3 is 1.93 bits per heavy atom. The first kappa shape index (κ1) is 15.0. The van der Waals surface area contributed by atoms with Gasteiger partial charge in [-0.1, -0.05) is 73.1 Å². The van der Waals surface area contributed by atoms with Crippen LogP contribution in [0.1, 0.15) is 79.6 Å². The van der Waals surface area contributed by atoms with Gasteiger partial charge in [-0.2, -0.15) is 0 Å². The summed E-state index contributed by atoms with van der Waals surface area (Å²) in [6.07, 6.45) is 9.85. The van der Waals surface area contributed by atoms with Gasteiger partial charge in [-0.25, -0.2) is 0 Å². The zero-order valence-electron chi connectivity index (χ0n) is 11.7. The summed E-state index contributed by atoms with van der Waals surface area (Å²) < 4.78 is 0. The quantitative estimate of drug-likeness (QED) is 0.462. The Balaban J connectivity index is 3.89. The van der Waals surface area contributed by atoms with Crippen molar-refractivity contribution in [3.8, 4) is 0 Å². The number of hydrogen-bond acceptors (Lipinski definition) is 0. The van der Waals surface area contributed by atoms with Crippen LogP contribution in [0.3, 0.4) is 0 Å². The molecular formula is C15H32. The number of unbranched alkanes of at least 4 members (excludes halogenated alkanes) is 1. The molecule has 0 aromatic carbocycles. The highest BCUT2D eigenvalue weighted by Gasteiger charge is 2.15. The molecule has 0 amide bonds. The molecule has 0 aliphatic rings. The molecule has 3 atom stereocenters. The predicted molar refractivity (Wildman–Crippen MR) is 71.2 cm³/mol. The van der Waals surface area contributed by atoms with Crippen molar-refractivity contribution < 1.29 is 0 Å². The van der Waals surface area contributed by atoms with Crippen LogP contribution in [-0.2, 0) is 0 Å². The SMILES string of the molecule is CCCCC(CCC(C)CC)[C@H](C)CC. The van der Waals surface area contributed by atoms with Crippen molar-refractivity contribution in [3.63, 3.8) is 0 Å². The van der Waals surface area contributed by atoms with Gasteiger partial charge >= 0.3 is 0 Å². The molecule has 0 aliphatic carbocycles. The van der Waals surface area contributed by atoms with E-state index >= 15 is 0 Å². The van der Waals surface area contributed by atoms with Crippen molar-refractivity contribution in [2.24, 2.45) is 17.8 Å². The van der Waals surface area contributed by atoms with Crippen LogP contribution in [-0.4, -0.2) is 0 Å². The first-order valence-corrected chi connectivity index (χ1v) is 7.15. The molecule has 0 bridgehead atoms. The molecule has 0 aromatic rings. The Labute approximate surface area is 97.8 Å². The summed E-state index contributed by atoms with van der Waals surface area (Å²) in [7, 11) is 0. The van der Waals surface area contributed by atoms with Gasteiger partial charge in [0.2, 0.25) is 0 Å². The lowest BCUT2D eigenvalue weighted by Crippen LogP contribution is -2.12. The average molecular weight is 212 g/mol. The smallest absolute Gasteiger partial charge is 0.0388 e. The van der Waals surface area contributed by atoms with Gasteiger partial charge in [0.15, 0.2) is 0 Å². The van der Waals surface area contributed by atoms with Crippen LogP contribution in [0.15, 0.2) is 0 Å². The van der Waals surface area contributed by atoms with Crippen molar-refractivity contribution in [1.82, 2.24) is 0 Å². The minimum Gasteiger partial charge on any atom is -0.0654 e. The summed E-state index contributed by atoms with van der Waals surface area (Å²) in [6, 6.07) is 0. The summed E-state index contributed by atoms with van der Waals surface area (Å²) in [5, 5.41) is 0. The van der Waals surface area contributed by atoms with E-state index in [0.29, 0.717) is 0 Å². The van der Waals surface area contributed by atoms with E-state index in [1.807, 2.05) is 0 Å². The largest absolute Gasteiger partial charge is 0.0654 e. The molecular weight excluding hydrogens is 180 g/mol. The Hall–Kier alpha value is 0. The van der Waals surface area contributed by atoms with E-state index in [2.05, 4.69) is 34.6 Å². The summed E-state index contributed by atoms with van der Waals surface area (Å²) in [4.78, 5) is 0. The van der Waals surface area contributed by atoms with Crippen LogP contribution in [0.5, 0.6) is 0 Å². The molecule has 0 nitrogen and oxygen atoms in total. The second-order valence-electron chi connectivity index (χ2n) is 5.38. The molecule has 0 fully saturated rings. The van der Waals surface area contributed by atoms with Crippen molar-refractivity contribution in [1.29, 1.82) is 0 Å². The minimum absolute atomic E-state index is 0.929. The zero-order chi connectivity index (χ0) is 11.7. The lowest BCUT2D eigenvalue weighted by atomic mass is 9.82. The second-order valence-corrected chi connectivity index (χ2v) is 5.38. The maximum atomic E-state index is 2.44. The molecule has 0 aromatic heterocycles. The van der Waals surface area contributed by atoms with Gasteiger partial charge in [0.25, 0.3) is 0 Å². The fraction of sp³-hybridized carbons (Fsp3) is 1.00. The van der Waals surface area contributed by atoms with Gasteiger partial charge in [0.05, 0.1) is 0 Å². The molecule has 0 heteroatoms. The summed E-state index contributed by atoms with van der Waals surface area (Å²) in [5.74, 6) is 2.85. The Morgan fingerprint density at radius 2 is 1.47 bits per heavy atom. The van der Waals surface area contributed by atoms with Crippen molar-refractivity contribution in [3.05, 3.63) is 0 Å². The van der Waals surface area contributed by atoms with E-state index < -0.39 is 0 Å². The monoisotopic (exact) mass is 212 g/mol. The third kappa shape index (κ3) is 6.98. The fourth-order valence-corrected chi connectivity index (χ4v) is 2.22. The van der Waals surface area contributed by atoms with Crippen LogP contribution >= 0.6 is 0 Å². The van der Waals surface area contributed by atoms with Crippen LogP contribution < -0.4 is 0 Å². The van der Waals surface area contributed by atoms with Crippen molar-refractivity contribution >= 4 is 0 Å². The lowest BCUT2D eigenvalue weighted by molar-refractivity contribution is 0.276. The van der Waals surface area contributed by atoms with Crippen molar-refractivity contribution in [2.45, 2.75) is 79.6 Å². The summed E-state index contributed by atoms with van der Waals surface area (Å²) in [5.41, 5.74) is 0. The minimum atomic E-state index is 0.929. The van der Waals surface area contributed by atoms with E-state index in [1.54, 1.807) is 0 Å². The Kier molecular flexibility index (Phi) is 9.24.